The maximum absolute atomic E-state index is 12.8. The Morgan fingerprint density at radius 3 is 1.83 bits per heavy atom. The number of ether oxygens (including phenoxy) is 3. The number of hydrogen-bond acceptors (Lipinski definition) is 8. The second kappa shape index (κ2) is 18.9. The number of hydrogen-bond donors (Lipinski definition) is 4. The van der Waals surface area contributed by atoms with E-state index in [1.54, 1.807) is 6.92 Å². The molecule has 36 heavy (non-hydrogen) atoms. The second-order valence-electron chi connectivity index (χ2n) is 10.1. The summed E-state index contributed by atoms with van der Waals surface area (Å²) in [4.78, 5) is 24.1. The minimum atomic E-state index is -1.46. The Morgan fingerprint density at radius 2 is 1.28 bits per heavy atom. The summed E-state index contributed by atoms with van der Waals surface area (Å²) in [5, 5.41) is 39.6. The molecule has 0 bridgehead atoms. The molecule has 1 heterocycles. The smallest absolute Gasteiger partial charge is 0.308 e. The van der Waals surface area contributed by atoms with Gasteiger partial charge < -0.3 is 34.6 Å². The Balaban J connectivity index is 2.70. The third-order valence-electron chi connectivity index (χ3n) is 6.74. The van der Waals surface area contributed by atoms with Gasteiger partial charge in [0.05, 0.1) is 25.0 Å². The van der Waals surface area contributed by atoms with E-state index >= 15 is 0 Å². The monoisotopic (exact) mass is 518 g/mol. The van der Waals surface area contributed by atoms with Crippen LogP contribution >= 0.6 is 0 Å². The molecule has 0 spiro atoms. The number of carboxylic acid groups (broad SMARTS) is 1. The Morgan fingerprint density at radius 1 is 0.750 bits per heavy atom. The van der Waals surface area contributed by atoms with Crippen molar-refractivity contribution in [3.8, 4) is 0 Å². The predicted octanol–water partition coefficient (Wildman–Crippen LogP) is 4.09. The van der Waals surface area contributed by atoms with Gasteiger partial charge in [0.1, 0.15) is 24.4 Å². The third-order valence-corrected chi connectivity index (χ3v) is 6.74. The molecule has 0 aromatic carbocycles. The summed E-state index contributed by atoms with van der Waals surface area (Å²) in [6.07, 6.45) is 4.69. The summed E-state index contributed by atoms with van der Waals surface area (Å²) in [5.41, 5.74) is 0. The minimum Gasteiger partial charge on any atom is -0.481 e. The van der Waals surface area contributed by atoms with Crippen LogP contribution in [0.3, 0.4) is 0 Å². The molecule has 0 aliphatic carbocycles. The third kappa shape index (κ3) is 13.3. The summed E-state index contributed by atoms with van der Waals surface area (Å²) in [5.74, 6) is -1.56. The minimum absolute atomic E-state index is 0.111. The summed E-state index contributed by atoms with van der Waals surface area (Å²) in [7, 11) is 0. The van der Waals surface area contributed by atoms with Crippen molar-refractivity contribution in [2.45, 2.75) is 160 Å². The van der Waals surface area contributed by atoms with Gasteiger partial charge in [-0.3, -0.25) is 9.59 Å². The lowest BCUT2D eigenvalue weighted by Crippen LogP contribution is -2.58. The van der Waals surface area contributed by atoms with Crippen LogP contribution in [0.2, 0.25) is 0 Å². The fraction of sp³-hybridized carbons (Fsp3) is 0.926. The lowest BCUT2D eigenvalue weighted by atomic mass is 9.99. The molecule has 1 aliphatic rings. The largest absolute Gasteiger partial charge is 0.481 e. The zero-order valence-electron chi connectivity index (χ0n) is 22.5. The van der Waals surface area contributed by atoms with Gasteiger partial charge in [-0.05, 0) is 26.2 Å². The lowest BCUT2D eigenvalue weighted by Gasteiger charge is -2.40. The van der Waals surface area contributed by atoms with Gasteiger partial charge in [0, 0.05) is 0 Å². The van der Waals surface area contributed by atoms with Gasteiger partial charge in [-0.2, -0.15) is 0 Å². The van der Waals surface area contributed by atoms with E-state index in [9.17, 15) is 30.0 Å². The van der Waals surface area contributed by atoms with Crippen LogP contribution in [0.25, 0.3) is 0 Å². The molecule has 1 aliphatic heterocycles. The van der Waals surface area contributed by atoms with Crippen molar-refractivity contribution in [2.75, 3.05) is 0 Å². The van der Waals surface area contributed by atoms with Crippen molar-refractivity contribution in [1.29, 1.82) is 0 Å². The number of aliphatic hydroxyl groups is 3. The van der Waals surface area contributed by atoms with Gasteiger partial charge in [0.2, 0.25) is 0 Å². The van der Waals surface area contributed by atoms with Gasteiger partial charge in [0.25, 0.3) is 0 Å². The first-order valence-corrected chi connectivity index (χ1v) is 14.0. The van der Waals surface area contributed by atoms with Crippen molar-refractivity contribution >= 4 is 11.9 Å². The highest BCUT2D eigenvalue weighted by Crippen LogP contribution is 2.25. The molecule has 9 heteroatoms. The van der Waals surface area contributed by atoms with Gasteiger partial charge in [-0.15, -0.1) is 0 Å². The normalized spacial score (nSPS) is 25.9. The van der Waals surface area contributed by atoms with Gasteiger partial charge in [-0.1, -0.05) is 78.1 Å². The van der Waals surface area contributed by atoms with Crippen molar-refractivity contribution in [3.63, 3.8) is 0 Å². The number of carbonyl (C=O) groups excluding carboxylic acids is 1. The average Bonchev–Trinajstić information content (AvgIpc) is 2.82. The first kappa shape index (κ1) is 32.8. The SMILES string of the molecule is CCCCCCCCC(CC(=O)O)OC(=O)CC(CCCCCCC)O[C@@H]1O[C@@H](C)[C@H](O)[C@@H](O)[C@H]1O. The summed E-state index contributed by atoms with van der Waals surface area (Å²) >= 11 is 0. The van der Waals surface area contributed by atoms with Crippen LogP contribution in [0.5, 0.6) is 0 Å². The van der Waals surface area contributed by atoms with Crippen LogP contribution in [-0.2, 0) is 23.8 Å². The van der Waals surface area contributed by atoms with E-state index in [2.05, 4.69) is 13.8 Å². The highest BCUT2D eigenvalue weighted by molar-refractivity contribution is 5.72. The van der Waals surface area contributed by atoms with E-state index in [-0.39, 0.29) is 12.8 Å². The fourth-order valence-electron chi connectivity index (χ4n) is 4.48. The van der Waals surface area contributed by atoms with Crippen molar-refractivity contribution < 1.29 is 44.2 Å². The molecule has 4 N–H and O–H groups in total. The van der Waals surface area contributed by atoms with Crippen molar-refractivity contribution in [1.82, 2.24) is 0 Å². The standard InChI is InChI=1S/C27H50O9/c1-4-6-8-10-12-14-15-20(17-22(28)29)35-23(30)18-21(16-13-11-9-7-5-2)36-27-26(33)25(32)24(31)19(3)34-27/h19-21,24-27,31-33H,4-18H2,1-3H3,(H,28,29)/t19-,20?,21?,24-,25+,26+,27-/m0/s1. The van der Waals surface area contributed by atoms with Gasteiger partial charge in [0.15, 0.2) is 6.29 Å². The number of carbonyl (C=O) groups is 2. The highest BCUT2D eigenvalue weighted by Gasteiger charge is 2.43. The average molecular weight is 519 g/mol. The molecule has 1 fully saturated rings. The summed E-state index contributed by atoms with van der Waals surface area (Å²) < 4.78 is 17.0. The molecule has 1 saturated heterocycles. The summed E-state index contributed by atoms with van der Waals surface area (Å²) in [6.45, 7) is 5.85. The van der Waals surface area contributed by atoms with Gasteiger partial charge in [-0.25, -0.2) is 0 Å². The molecule has 0 aromatic rings. The lowest BCUT2D eigenvalue weighted by molar-refractivity contribution is -0.304. The van der Waals surface area contributed by atoms with Crippen LogP contribution in [0.4, 0.5) is 0 Å². The molecule has 0 aromatic heterocycles. The number of unbranched alkanes of at least 4 members (excludes halogenated alkanes) is 9. The number of aliphatic carboxylic acids is 1. The van der Waals surface area contributed by atoms with E-state index in [1.807, 2.05) is 0 Å². The molecule has 0 amide bonds. The Labute approximate surface area is 216 Å². The Bertz CT molecular complexity index is 600. The summed E-state index contributed by atoms with van der Waals surface area (Å²) in [6, 6.07) is 0. The molecule has 212 valence electrons. The number of carboxylic acids is 1. The topological polar surface area (TPSA) is 143 Å². The second-order valence-corrected chi connectivity index (χ2v) is 10.1. The zero-order chi connectivity index (χ0) is 26.9. The van der Waals surface area contributed by atoms with Crippen LogP contribution in [-0.4, -0.2) is 75.3 Å². The first-order chi connectivity index (χ1) is 17.2. The van der Waals surface area contributed by atoms with E-state index < -0.39 is 54.9 Å². The number of rotatable bonds is 20. The van der Waals surface area contributed by atoms with Crippen molar-refractivity contribution in [3.05, 3.63) is 0 Å². The quantitative estimate of drug-likeness (QED) is 0.138. The van der Waals surface area contributed by atoms with Crippen LogP contribution in [0.15, 0.2) is 0 Å². The molecule has 9 nitrogen and oxygen atoms in total. The molecular weight excluding hydrogens is 468 g/mol. The van der Waals surface area contributed by atoms with E-state index in [0.29, 0.717) is 12.8 Å². The molecule has 7 atom stereocenters. The van der Waals surface area contributed by atoms with Crippen LogP contribution < -0.4 is 0 Å². The highest BCUT2D eigenvalue weighted by atomic mass is 16.7. The Kier molecular flexibility index (Phi) is 17.2. The van der Waals surface area contributed by atoms with E-state index in [1.165, 1.54) is 6.42 Å². The first-order valence-electron chi connectivity index (χ1n) is 14.0. The van der Waals surface area contributed by atoms with Crippen LogP contribution in [0.1, 0.15) is 117 Å². The fourth-order valence-corrected chi connectivity index (χ4v) is 4.48. The number of aliphatic hydroxyl groups excluding tert-OH is 3. The van der Waals surface area contributed by atoms with E-state index in [0.717, 1.165) is 64.2 Å². The molecule has 2 unspecified atom stereocenters. The van der Waals surface area contributed by atoms with Gasteiger partial charge >= 0.3 is 11.9 Å². The molecule has 0 saturated carbocycles. The zero-order valence-corrected chi connectivity index (χ0v) is 22.5. The van der Waals surface area contributed by atoms with Crippen molar-refractivity contribution in [2.24, 2.45) is 0 Å². The number of esters is 1. The molecule has 0 radical (unpaired) electrons. The Hall–Kier alpha value is -1.26. The molecule has 1 rings (SSSR count). The maximum atomic E-state index is 12.8. The maximum Gasteiger partial charge on any atom is 0.308 e. The van der Waals surface area contributed by atoms with E-state index in [4.69, 9.17) is 14.2 Å². The molecular formula is C27H50O9. The van der Waals surface area contributed by atoms with Crippen LogP contribution in [0, 0.1) is 0 Å². The predicted molar refractivity (Wildman–Crippen MR) is 135 cm³/mol.